The number of imidazole rings is 1. The maximum Gasteiger partial charge on any atom is 0.337 e. The van der Waals surface area contributed by atoms with Gasteiger partial charge in [0.25, 0.3) is 0 Å². The number of rotatable bonds is 5. The molecule has 0 radical (unpaired) electrons. The van der Waals surface area contributed by atoms with Gasteiger partial charge in [0, 0.05) is 6.20 Å². The molecule has 0 spiro atoms. The zero-order chi connectivity index (χ0) is 15.9. The van der Waals surface area contributed by atoms with Gasteiger partial charge in [-0.2, -0.15) is 0 Å². The standard InChI is InChI=1S/C14H14N4O4/c1-21-12(19)7-11-8-15-14(16-11)18-17-10-5-3-9(4-6-10)13(20)22-2/h3-6,8H,7H2,1-2H3,(H,15,16)/b18-17+. The molecule has 1 aromatic carbocycles. The molecule has 0 unspecified atom stereocenters. The lowest BCUT2D eigenvalue weighted by atomic mass is 10.2. The second-order valence-corrected chi connectivity index (χ2v) is 4.21. The summed E-state index contributed by atoms with van der Waals surface area (Å²) in [4.78, 5) is 29.3. The topological polar surface area (TPSA) is 106 Å². The maximum absolute atomic E-state index is 11.3. The number of carbonyl (C=O) groups excluding carboxylic acids is 2. The van der Waals surface area contributed by atoms with Gasteiger partial charge in [-0.15, -0.1) is 10.2 Å². The molecule has 22 heavy (non-hydrogen) atoms. The Balaban J connectivity index is 2.02. The van der Waals surface area contributed by atoms with Gasteiger partial charge in [0.05, 0.1) is 37.6 Å². The van der Waals surface area contributed by atoms with E-state index < -0.39 is 5.97 Å². The predicted octanol–water partition coefficient (Wildman–Crippen LogP) is 2.33. The Bertz CT molecular complexity index is 691. The lowest BCUT2D eigenvalue weighted by molar-refractivity contribution is -0.139. The molecule has 0 bridgehead atoms. The van der Waals surface area contributed by atoms with Gasteiger partial charge in [-0.05, 0) is 24.3 Å². The molecule has 0 amide bonds. The molecule has 2 rings (SSSR count). The number of nitrogens with zero attached hydrogens (tertiary/aromatic N) is 3. The van der Waals surface area contributed by atoms with E-state index in [1.165, 1.54) is 14.2 Å². The zero-order valence-corrected chi connectivity index (χ0v) is 12.1. The highest BCUT2D eigenvalue weighted by atomic mass is 16.5. The Morgan fingerprint density at radius 1 is 1.14 bits per heavy atom. The smallest absolute Gasteiger partial charge is 0.337 e. The van der Waals surface area contributed by atoms with Crippen molar-refractivity contribution in [2.75, 3.05) is 14.2 Å². The molecule has 0 aliphatic heterocycles. The number of methoxy groups -OCH3 is 2. The summed E-state index contributed by atoms with van der Waals surface area (Å²) in [6.45, 7) is 0. The number of carbonyl (C=O) groups is 2. The fourth-order valence-corrected chi connectivity index (χ4v) is 1.60. The minimum Gasteiger partial charge on any atom is -0.469 e. The molecule has 0 saturated carbocycles. The molecular formula is C14H14N4O4. The summed E-state index contributed by atoms with van der Waals surface area (Å²) in [6, 6.07) is 6.44. The van der Waals surface area contributed by atoms with E-state index in [0.29, 0.717) is 16.9 Å². The van der Waals surface area contributed by atoms with Crippen molar-refractivity contribution < 1.29 is 19.1 Å². The summed E-state index contributed by atoms with van der Waals surface area (Å²) < 4.78 is 9.15. The summed E-state index contributed by atoms with van der Waals surface area (Å²) >= 11 is 0. The zero-order valence-electron chi connectivity index (χ0n) is 12.1. The van der Waals surface area contributed by atoms with Gasteiger partial charge in [-0.1, -0.05) is 0 Å². The number of esters is 2. The Morgan fingerprint density at radius 3 is 2.50 bits per heavy atom. The SMILES string of the molecule is COC(=O)Cc1c[nH]c(/N=N/c2ccc(C(=O)OC)cc2)n1. The van der Waals surface area contributed by atoms with Gasteiger partial charge in [0.2, 0.25) is 5.95 Å². The highest BCUT2D eigenvalue weighted by Crippen LogP contribution is 2.17. The minimum absolute atomic E-state index is 0.0658. The third-order valence-electron chi connectivity index (χ3n) is 2.72. The maximum atomic E-state index is 11.3. The number of aromatic amines is 1. The highest BCUT2D eigenvalue weighted by molar-refractivity contribution is 5.89. The van der Waals surface area contributed by atoms with E-state index in [1.807, 2.05) is 0 Å². The molecule has 1 N–H and O–H groups in total. The number of H-pyrrole nitrogens is 1. The van der Waals surface area contributed by atoms with Crippen LogP contribution in [-0.2, 0) is 20.7 Å². The average Bonchev–Trinajstić information content (AvgIpc) is 3.00. The van der Waals surface area contributed by atoms with Gasteiger partial charge >= 0.3 is 11.9 Å². The predicted molar refractivity (Wildman–Crippen MR) is 76.3 cm³/mol. The normalized spacial score (nSPS) is 10.6. The van der Waals surface area contributed by atoms with Crippen LogP contribution in [0.1, 0.15) is 16.1 Å². The Kier molecular flexibility index (Phi) is 4.97. The summed E-state index contributed by atoms with van der Waals surface area (Å²) in [5.41, 5.74) is 1.50. The van der Waals surface area contributed by atoms with Crippen molar-refractivity contribution in [2.24, 2.45) is 10.2 Å². The van der Waals surface area contributed by atoms with Gasteiger partial charge in [-0.25, -0.2) is 9.78 Å². The first-order chi connectivity index (χ1) is 10.6. The van der Waals surface area contributed by atoms with Crippen LogP contribution in [-0.4, -0.2) is 36.1 Å². The number of hydrogen-bond donors (Lipinski definition) is 1. The first-order valence-corrected chi connectivity index (χ1v) is 6.33. The molecule has 114 valence electrons. The van der Waals surface area contributed by atoms with E-state index in [2.05, 4.69) is 29.7 Å². The van der Waals surface area contributed by atoms with Crippen molar-refractivity contribution >= 4 is 23.6 Å². The van der Waals surface area contributed by atoms with Crippen LogP contribution in [0.2, 0.25) is 0 Å². The molecule has 0 saturated heterocycles. The number of benzene rings is 1. The summed E-state index contributed by atoms with van der Waals surface area (Å²) in [5.74, 6) is -0.522. The van der Waals surface area contributed by atoms with Gasteiger partial charge in [0.15, 0.2) is 0 Å². The van der Waals surface area contributed by atoms with Crippen LogP contribution in [0.5, 0.6) is 0 Å². The van der Waals surface area contributed by atoms with Crippen LogP contribution < -0.4 is 0 Å². The fraction of sp³-hybridized carbons (Fsp3) is 0.214. The summed E-state index contributed by atoms with van der Waals surface area (Å²) in [7, 11) is 2.63. The van der Waals surface area contributed by atoms with Crippen molar-refractivity contribution in [3.63, 3.8) is 0 Å². The van der Waals surface area contributed by atoms with Crippen molar-refractivity contribution in [1.82, 2.24) is 9.97 Å². The van der Waals surface area contributed by atoms with Gasteiger partial charge in [-0.3, -0.25) is 4.79 Å². The van der Waals surface area contributed by atoms with Crippen molar-refractivity contribution in [3.05, 3.63) is 41.7 Å². The van der Waals surface area contributed by atoms with Crippen LogP contribution >= 0.6 is 0 Å². The third kappa shape index (κ3) is 3.98. The van der Waals surface area contributed by atoms with E-state index in [0.717, 1.165) is 0 Å². The second-order valence-electron chi connectivity index (χ2n) is 4.21. The van der Waals surface area contributed by atoms with Crippen LogP contribution in [0.4, 0.5) is 11.6 Å². The number of aromatic nitrogens is 2. The fourth-order valence-electron chi connectivity index (χ4n) is 1.60. The van der Waals surface area contributed by atoms with E-state index in [-0.39, 0.29) is 18.3 Å². The molecule has 8 heteroatoms. The molecule has 0 atom stereocenters. The molecule has 0 aliphatic carbocycles. The minimum atomic E-state index is -0.415. The summed E-state index contributed by atoms with van der Waals surface area (Å²) in [6.07, 6.45) is 1.63. The molecule has 2 aromatic rings. The Morgan fingerprint density at radius 2 is 1.86 bits per heavy atom. The average molecular weight is 302 g/mol. The number of nitrogens with one attached hydrogen (secondary N) is 1. The van der Waals surface area contributed by atoms with Crippen LogP contribution in [0.15, 0.2) is 40.7 Å². The Hall–Kier alpha value is -3.03. The van der Waals surface area contributed by atoms with Crippen molar-refractivity contribution in [3.8, 4) is 0 Å². The molecule has 1 heterocycles. The lowest BCUT2D eigenvalue weighted by Gasteiger charge is -1.98. The van der Waals surface area contributed by atoms with Gasteiger partial charge in [0.1, 0.15) is 0 Å². The molecule has 0 fully saturated rings. The van der Waals surface area contributed by atoms with E-state index >= 15 is 0 Å². The quantitative estimate of drug-likeness (QED) is 0.674. The van der Waals surface area contributed by atoms with Crippen LogP contribution in [0, 0.1) is 0 Å². The van der Waals surface area contributed by atoms with Gasteiger partial charge < -0.3 is 14.5 Å². The molecular weight excluding hydrogens is 288 g/mol. The highest BCUT2D eigenvalue weighted by Gasteiger charge is 2.07. The first-order valence-electron chi connectivity index (χ1n) is 6.33. The van der Waals surface area contributed by atoms with Crippen molar-refractivity contribution in [2.45, 2.75) is 6.42 Å². The van der Waals surface area contributed by atoms with E-state index in [9.17, 15) is 9.59 Å². The molecule has 0 aliphatic rings. The third-order valence-corrected chi connectivity index (χ3v) is 2.72. The lowest BCUT2D eigenvalue weighted by Crippen LogP contribution is -2.04. The van der Waals surface area contributed by atoms with E-state index in [1.54, 1.807) is 30.5 Å². The molecule has 8 nitrogen and oxygen atoms in total. The number of hydrogen-bond acceptors (Lipinski definition) is 7. The van der Waals surface area contributed by atoms with Crippen molar-refractivity contribution in [1.29, 1.82) is 0 Å². The molecule has 1 aromatic heterocycles. The largest absolute Gasteiger partial charge is 0.469 e. The first kappa shape index (κ1) is 15.4. The van der Waals surface area contributed by atoms with Crippen LogP contribution in [0.25, 0.3) is 0 Å². The summed E-state index contributed by atoms with van der Waals surface area (Å²) in [5, 5.41) is 7.89. The number of azo groups is 1. The second kappa shape index (κ2) is 7.11. The number of ether oxygens (including phenoxy) is 2. The Labute approximate surface area is 126 Å². The monoisotopic (exact) mass is 302 g/mol. The van der Waals surface area contributed by atoms with Crippen LogP contribution in [0.3, 0.4) is 0 Å². The van der Waals surface area contributed by atoms with E-state index in [4.69, 9.17) is 0 Å².